The SMILES string of the molecule is CC1(OC(=O)COCCOC(=O)CO)C2CC3CC(C2)CC1C3. The molecule has 0 unspecified atom stereocenters. The quantitative estimate of drug-likeness (QED) is 0.561. The molecule has 0 heterocycles. The van der Waals surface area contributed by atoms with Gasteiger partial charge in [0.15, 0.2) is 0 Å². The standard InChI is InChI=1S/C17H26O6/c1-17(13-5-11-4-12(7-13)8-14(17)6-11)23-16(20)10-21-2-3-22-15(19)9-18/h11-14,18H,2-10H2,1H3. The lowest BCUT2D eigenvalue weighted by molar-refractivity contribution is -0.206. The van der Waals surface area contributed by atoms with Crippen LogP contribution in [0.2, 0.25) is 0 Å². The second-order valence-corrected chi connectivity index (χ2v) is 7.39. The monoisotopic (exact) mass is 326 g/mol. The Labute approximate surface area is 136 Å². The van der Waals surface area contributed by atoms with E-state index in [2.05, 4.69) is 11.7 Å². The maximum absolute atomic E-state index is 12.1. The van der Waals surface area contributed by atoms with Gasteiger partial charge >= 0.3 is 11.9 Å². The van der Waals surface area contributed by atoms with Crippen molar-refractivity contribution in [3.8, 4) is 0 Å². The first kappa shape index (κ1) is 16.7. The first-order chi connectivity index (χ1) is 11.0. The summed E-state index contributed by atoms with van der Waals surface area (Å²) in [7, 11) is 0. The van der Waals surface area contributed by atoms with Crippen LogP contribution in [0.3, 0.4) is 0 Å². The number of carbonyl (C=O) groups excluding carboxylic acids is 2. The third-order valence-corrected chi connectivity index (χ3v) is 5.93. The highest BCUT2D eigenvalue weighted by Gasteiger charge is 2.56. The minimum Gasteiger partial charge on any atom is -0.462 e. The molecule has 0 aromatic heterocycles. The highest BCUT2D eigenvalue weighted by atomic mass is 16.6. The van der Waals surface area contributed by atoms with Crippen molar-refractivity contribution < 1.29 is 28.9 Å². The zero-order valence-corrected chi connectivity index (χ0v) is 13.7. The van der Waals surface area contributed by atoms with Crippen molar-refractivity contribution >= 4 is 11.9 Å². The maximum Gasteiger partial charge on any atom is 0.332 e. The van der Waals surface area contributed by atoms with Crippen LogP contribution in [-0.4, -0.2) is 49.1 Å². The number of hydrogen-bond acceptors (Lipinski definition) is 6. The van der Waals surface area contributed by atoms with E-state index in [-0.39, 0.29) is 31.4 Å². The normalized spacial score (nSPS) is 37.7. The molecule has 4 bridgehead atoms. The molecule has 0 spiro atoms. The van der Waals surface area contributed by atoms with Gasteiger partial charge in [0.1, 0.15) is 25.4 Å². The lowest BCUT2D eigenvalue weighted by Crippen LogP contribution is -2.58. The lowest BCUT2D eigenvalue weighted by atomic mass is 9.50. The van der Waals surface area contributed by atoms with Crippen LogP contribution in [0.15, 0.2) is 0 Å². The minimum atomic E-state index is -0.697. The summed E-state index contributed by atoms with van der Waals surface area (Å²) in [6.07, 6.45) is 6.12. The van der Waals surface area contributed by atoms with Crippen LogP contribution in [-0.2, 0) is 23.8 Å². The fourth-order valence-electron chi connectivity index (χ4n) is 4.98. The Balaban J connectivity index is 1.42. The summed E-state index contributed by atoms with van der Waals surface area (Å²) in [5, 5.41) is 8.50. The van der Waals surface area contributed by atoms with Gasteiger partial charge in [0.2, 0.25) is 0 Å². The van der Waals surface area contributed by atoms with Crippen molar-refractivity contribution in [3.63, 3.8) is 0 Å². The van der Waals surface area contributed by atoms with Gasteiger partial charge < -0.3 is 19.3 Å². The summed E-state index contributed by atoms with van der Waals surface area (Å²) >= 11 is 0. The first-order valence-corrected chi connectivity index (χ1v) is 8.57. The molecule has 0 aromatic carbocycles. The predicted molar refractivity (Wildman–Crippen MR) is 80.4 cm³/mol. The second-order valence-electron chi connectivity index (χ2n) is 7.39. The van der Waals surface area contributed by atoms with Gasteiger partial charge in [-0.25, -0.2) is 9.59 Å². The minimum absolute atomic E-state index is 0.0263. The van der Waals surface area contributed by atoms with E-state index in [4.69, 9.17) is 14.6 Å². The molecule has 0 aromatic rings. The van der Waals surface area contributed by atoms with Crippen molar-refractivity contribution in [3.05, 3.63) is 0 Å². The van der Waals surface area contributed by atoms with E-state index < -0.39 is 12.6 Å². The smallest absolute Gasteiger partial charge is 0.332 e. The van der Waals surface area contributed by atoms with Gasteiger partial charge in [-0.2, -0.15) is 0 Å². The number of aliphatic hydroxyl groups excluding tert-OH is 1. The van der Waals surface area contributed by atoms with E-state index in [0.29, 0.717) is 11.8 Å². The average Bonchev–Trinajstić information content (AvgIpc) is 2.51. The molecule has 23 heavy (non-hydrogen) atoms. The molecule has 6 heteroatoms. The Morgan fingerprint density at radius 1 is 1.00 bits per heavy atom. The molecule has 0 amide bonds. The van der Waals surface area contributed by atoms with Crippen molar-refractivity contribution in [2.24, 2.45) is 23.7 Å². The molecular formula is C17H26O6. The number of hydrogen-bond donors (Lipinski definition) is 1. The fourth-order valence-corrected chi connectivity index (χ4v) is 4.98. The van der Waals surface area contributed by atoms with Gasteiger partial charge in [0.25, 0.3) is 0 Å². The number of esters is 2. The Hall–Kier alpha value is -1.14. The number of carbonyl (C=O) groups is 2. The molecule has 130 valence electrons. The zero-order chi connectivity index (χ0) is 16.4. The van der Waals surface area contributed by atoms with Crippen molar-refractivity contribution in [2.45, 2.75) is 44.6 Å². The molecule has 4 aliphatic carbocycles. The zero-order valence-electron chi connectivity index (χ0n) is 13.7. The third-order valence-electron chi connectivity index (χ3n) is 5.93. The fraction of sp³-hybridized carbons (Fsp3) is 0.882. The van der Waals surface area contributed by atoms with Crippen LogP contribution >= 0.6 is 0 Å². The van der Waals surface area contributed by atoms with Crippen molar-refractivity contribution in [2.75, 3.05) is 26.4 Å². The molecule has 0 saturated heterocycles. The van der Waals surface area contributed by atoms with Gasteiger partial charge in [-0.1, -0.05) is 0 Å². The molecule has 4 rings (SSSR count). The molecule has 6 nitrogen and oxygen atoms in total. The molecule has 1 N–H and O–H groups in total. The van der Waals surface area contributed by atoms with E-state index in [1.165, 1.54) is 32.1 Å². The van der Waals surface area contributed by atoms with Crippen LogP contribution in [0.5, 0.6) is 0 Å². The molecule has 0 radical (unpaired) electrons. The largest absolute Gasteiger partial charge is 0.462 e. The Morgan fingerprint density at radius 3 is 2.17 bits per heavy atom. The number of rotatable bonds is 7. The summed E-state index contributed by atoms with van der Waals surface area (Å²) in [5.41, 5.74) is -0.336. The van der Waals surface area contributed by atoms with Crippen LogP contribution < -0.4 is 0 Å². The van der Waals surface area contributed by atoms with Crippen molar-refractivity contribution in [1.29, 1.82) is 0 Å². The first-order valence-electron chi connectivity index (χ1n) is 8.57. The molecular weight excluding hydrogens is 300 g/mol. The van der Waals surface area contributed by atoms with E-state index in [0.717, 1.165) is 11.8 Å². The van der Waals surface area contributed by atoms with Crippen LogP contribution in [0.25, 0.3) is 0 Å². The summed E-state index contributed by atoms with van der Waals surface area (Å²) < 4.78 is 15.7. The van der Waals surface area contributed by atoms with E-state index >= 15 is 0 Å². The van der Waals surface area contributed by atoms with Crippen LogP contribution in [0.4, 0.5) is 0 Å². The molecule has 4 aliphatic rings. The van der Waals surface area contributed by atoms with Gasteiger partial charge in [-0.15, -0.1) is 0 Å². The lowest BCUT2D eigenvalue weighted by Gasteiger charge is -2.59. The van der Waals surface area contributed by atoms with E-state index in [1.54, 1.807) is 0 Å². The summed E-state index contributed by atoms with van der Waals surface area (Å²) in [4.78, 5) is 22.8. The molecule has 4 saturated carbocycles. The topological polar surface area (TPSA) is 82.1 Å². The summed E-state index contributed by atoms with van der Waals surface area (Å²) in [6, 6.07) is 0. The van der Waals surface area contributed by atoms with E-state index in [9.17, 15) is 9.59 Å². The van der Waals surface area contributed by atoms with Gasteiger partial charge in [0.05, 0.1) is 6.61 Å². The highest BCUT2D eigenvalue weighted by molar-refractivity contribution is 5.71. The maximum atomic E-state index is 12.1. The average molecular weight is 326 g/mol. The van der Waals surface area contributed by atoms with Crippen LogP contribution in [0, 0.1) is 23.7 Å². The molecule has 0 aliphatic heterocycles. The summed E-state index contributed by atoms with van der Waals surface area (Å²) in [5.74, 6) is 1.62. The second kappa shape index (κ2) is 6.77. The number of aliphatic hydroxyl groups is 1. The summed E-state index contributed by atoms with van der Waals surface area (Å²) in [6.45, 7) is 1.47. The Morgan fingerprint density at radius 2 is 1.61 bits per heavy atom. The van der Waals surface area contributed by atoms with Crippen molar-refractivity contribution in [1.82, 2.24) is 0 Å². The highest BCUT2D eigenvalue weighted by Crippen LogP contribution is 2.59. The Bertz CT molecular complexity index is 432. The number of ether oxygens (including phenoxy) is 3. The molecule has 0 atom stereocenters. The van der Waals surface area contributed by atoms with E-state index in [1.807, 2.05) is 0 Å². The van der Waals surface area contributed by atoms with Gasteiger partial charge in [0, 0.05) is 0 Å². The van der Waals surface area contributed by atoms with Crippen LogP contribution in [0.1, 0.15) is 39.0 Å². The van der Waals surface area contributed by atoms with Gasteiger partial charge in [-0.3, -0.25) is 0 Å². The third kappa shape index (κ3) is 3.53. The Kier molecular flexibility index (Phi) is 4.92. The molecule has 4 fully saturated rings. The predicted octanol–water partition coefficient (Wildman–Crippen LogP) is 1.30. The van der Waals surface area contributed by atoms with Gasteiger partial charge in [-0.05, 0) is 62.7 Å².